The first-order valence-corrected chi connectivity index (χ1v) is 16.2. The minimum absolute atomic E-state index is 0.122. The Balaban J connectivity index is 1.29. The van der Waals surface area contributed by atoms with Crippen LogP contribution < -0.4 is 0 Å². The fourth-order valence-electron chi connectivity index (χ4n) is 11.5. The van der Waals surface area contributed by atoms with Crippen molar-refractivity contribution in [1.29, 1.82) is 0 Å². The van der Waals surface area contributed by atoms with Gasteiger partial charge in [0.15, 0.2) is 0 Å². The Morgan fingerprint density at radius 3 is 2.06 bits per heavy atom. The zero-order valence-corrected chi connectivity index (χ0v) is 25.0. The van der Waals surface area contributed by atoms with Crippen molar-refractivity contribution in [3.05, 3.63) is 0 Å². The SMILES string of the molecule is CC[C@]1(O)CC[C@@]2(C)[C@@H](CC[C@H]3[C@@H]4CC[C@H]([C@H](C)[C@@H](O)CC5CCC(C)(C)CC5)[C@@]4(C)CC[C@@]32C)C1. The van der Waals surface area contributed by atoms with Crippen LogP contribution in [0.15, 0.2) is 0 Å². The summed E-state index contributed by atoms with van der Waals surface area (Å²) in [6.07, 6.45) is 18.5. The van der Waals surface area contributed by atoms with Gasteiger partial charge in [-0.25, -0.2) is 0 Å². The third-order valence-electron chi connectivity index (χ3n) is 14.7. The van der Waals surface area contributed by atoms with Crippen LogP contribution >= 0.6 is 0 Å². The van der Waals surface area contributed by atoms with Gasteiger partial charge in [-0.1, -0.05) is 48.5 Å². The van der Waals surface area contributed by atoms with Gasteiger partial charge < -0.3 is 10.2 Å². The second-order valence-electron chi connectivity index (χ2n) is 16.6. The van der Waals surface area contributed by atoms with Crippen LogP contribution in [-0.2, 0) is 0 Å². The molecule has 2 N–H and O–H groups in total. The summed E-state index contributed by atoms with van der Waals surface area (Å²) < 4.78 is 0. The number of aliphatic hydroxyl groups is 2. The smallest absolute Gasteiger partial charge is 0.0648 e. The molecule has 5 saturated carbocycles. The lowest BCUT2D eigenvalue weighted by molar-refractivity contribution is -0.202. The molecule has 10 atom stereocenters. The molecule has 208 valence electrons. The zero-order chi connectivity index (χ0) is 26.1. The van der Waals surface area contributed by atoms with Gasteiger partial charge in [0.05, 0.1) is 11.7 Å². The van der Waals surface area contributed by atoms with Crippen molar-refractivity contribution < 1.29 is 10.2 Å². The van der Waals surface area contributed by atoms with E-state index in [2.05, 4.69) is 48.5 Å². The van der Waals surface area contributed by atoms with Gasteiger partial charge in [-0.3, -0.25) is 0 Å². The second kappa shape index (κ2) is 9.25. The van der Waals surface area contributed by atoms with Crippen LogP contribution in [0.3, 0.4) is 0 Å². The van der Waals surface area contributed by atoms with Crippen LogP contribution in [0.1, 0.15) is 145 Å². The molecule has 0 aromatic heterocycles. The molecule has 0 amide bonds. The molecular weight excluding hydrogens is 440 g/mol. The van der Waals surface area contributed by atoms with Gasteiger partial charge in [-0.05, 0) is 153 Å². The topological polar surface area (TPSA) is 40.5 Å². The molecular formula is C34H60O2. The molecule has 0 saturated heterocycles. The summed E-state index contributed by atoms with van der Waals surface area (Å²) in [7, 11) is 0. The highest BCUT2D eigenvalue weighted by Gasteiger charge is 2.66. The molecule has 0 unspecified atom stereocenters. The average molecular weight is 501 g/mol. The van der Waals surface area contributed by atoms with E-state index >= 15 is 0 Å². The molecule has 2 heteroatoms. The Morgan fingerprint density at radius 1 is 0.750 bits per heavy atom. The molecule has 36 heavy (non-hydrogen) atoms. The quantitative estimate of drug-likeness (QED) is 0.396. The molecule has 5 fully saturated rings. The van der Waals surface area contributed by atoms with E-state index in [-0.39, 0.29) is 6.10 Å². The predicted molar refractivity (Wildman–Crippen MR) is 151 cm³/mol. The Hall–Kier alpha value is -0.0800. The first-order chi connectivity index (χ1) is 16.8. The summed E-state index contributed by atoms with van der Waals surface area (Å²) in [6.45, 7) is 17.4. The summed E-state index contributed by atoms with van der Waals surface area (Å²) >= 11 is 0. The molecule has 0 spiro atoms. The maximum Gasteiger partial charge on any atom is 0.0648 e. The highest BCUT2D eigenvalue weighted by molar-refractivity contribution is 5.15. The van der Waals surface area contributed by atoms with Crippen molar-refractivity contribution in [2.24, 2.45) is 57.2 Å². The van der Waals surface area contributed by atoms with E-state index in [0.717, 1.165) is 43.4 Å². The first-order valence-electron chi connectivity index (χ1n) is 16.2. The molecule has 0 aliphatic heterocycles. The van der Waals surface area contributed by atoms with E-state index in [0.29, 0.717) is 39.4 Å². The van der Waals surface area contributed by atoms with Crippen LogP contribution in [0.2, 0.25) is 0 Å². The number of hydrogen-bond donors (Lipinski definition) is 2. The third kappa shape index (κ3) is 4.26. The standard InChI is InChI=1S/C34H60O2/c1-8-34(36)20-19-32(6)25(22-34)9-10-28-27-12-11-26(31(27,5)17-18-33(28,32)7)23(2)29(35)21-24-13-15-30(3,4)16-14-24/h23-29,35-36H,8-22H2,1-7H3/t23-,25-,26+,27-,28-,29-,31+,32-,33-,34-/m0/s1. The van der Waals surface area contributed by atoms with Gasteiger partial charge in [0.1, 0.15) is 0 Å². The summed E-state index contributed by atoms with van der Waals surface area (Å²) in [5.41, 5.74) is 1.31. The Morgan fingerprint density at radius 2 is 1.39 bits per heavy atom. The maximum absolute atomic E-state index is 11.5. The van der Waals surface area contributed by atoms with Crippen molar-refractivity contribution in [3.8, 4) is 0 Å². The van der Waals surface area contributed by atoms with Crippen LogP contribution in [-0.4, -0.2) is 21.9 Å². The molecule has 5 rings (SSSR count). The van der Waals surface area contributed by atoms with Gasteiger partial charge in [-0.2, -0.15) is 0 Å². The summed E-state index contributed by atoms with van der Waals surface area (Å²) in [5, 5.41) is 22.7. The van der Waals surface area contributed by atoms with Crippen LogP contribution in [0.4, 0.5) is 0 Å². The Kier molecular flexibility index (Phi) is 7.06. The monoisotopic (exact) mass is 500 g/mol. The molecule has 5 aliphatic rings. The van der Waals surface area contributed by atoms with Crippen molar-refractivity contribution in [2.45, 2.75) is 156 Å². The fourth-order valence-corrected chi connectivity index (χ4v) is 11.5. The molecule has 0 aromatic rings. The third-order valence-corrected chi connectivity index (χ3v) is 14.7. The molecule has 0 bridgehead atoms. The largest absolute Gasteiger partial charge is 0.393 e. The van der Waals surface area contributed by atoms with Crippen LogP contribution in [0.25, 0.3) is 0 Å². The predicted octanol–water partition coefficient (Wildman–Crippen LogP) is 8.78. The second-order valence-corrected chi connectivity index (χ2v) is 16.6. The van der Waals surface area contributed by atoms with Crippen LogP contribution in [0.5, 0.6) is 0 Å². The van der Waals surface area contributed by atoms with Gasteiger partial charge >= 0.3 is 0 Å². The lowest BCUT2D eigenvalue weighted by atomic mass is 9.37. The number of hydrogen-bond acceptors (Lipinski definition) is 2. The van der Waals surface area contributed by atoms with E-state index in [9.17, 15) is 10.2 Å². The van der Waals surface area contributed by atoms with Crippen LogP contribution in [0, 0.1) is 57.2 Å². The lowest BCUT2D eigenvalue weighted by Gasteiger charge is -2.68. The highest BCUT2D eigenvalue weighted by atomic mass is 16.3. The van der Waals surface area contributed by atoms with E-state index in [1.54, 1.807) is 0 Å². The maximum atomic E-state index is 11.5. The summed E-state index contributed by atoms with van der Waals surface area (Å²) in [6, 6.07) is 0. The molecule has 2 nitrogen and oxygen atoms in total. The van der Waals surface area contributed by atoms with E-state index in [1.165, 1.54) is 70.6 Å². The minimum Gasteiger partial charge on any atom is -0.393 e. The molecule has 0 heterocycles. The average Bonchev–Trinajstić information content (AvgIpc) is 3.18. The number of fused-ring (bicyclic) bond motifs is 5. The summed E-state index contributed by atoms with van der Waals surface area (Å²) in [4.78, 5) is 0. The van der Waals surface area contributed by atoms with E-state index < -0.39 is 5.60 Å². The van der Waals surface area contributed by atoms with Crippen molar-refractivity contribution in [1.82, 2.24) is 0 Å². The highest BCUT2D eigenvalue weighted by Crippen LogP contribution is 2.73. The molecule has 0 radical (unpaired) electrons. The van der Waals surface area contributed by atoms with Crippen molar-refractivity contribution in [2.75, 3.05) is 0 Å². The first kappa shape index (κ1) is 27.5. The van der Waals surface area contributed by atoms with Crippen molar-refractivity contribution in [3.63, 3.8) is 0 Å². The number of rotatable bonds is 5. The van der Waals surface area contributed by atoms with Gasteiger partial charge in [-0.15, -0.1) is 0 Å². The minimum atomic E-state index is -0.408. The van der Waals surface area contributed by atoms with E-state index in [4.69, 9.17) is 0 Å². The molecule has 0 aromatic carbocycles. The fraction of sp³-hybridized carbons (Fsp3) is 1.00. The summed E-state index contributed by atoms with van der Waals surface area (Å²) in [5.74, 6) is 4.21. The Bertz CT molecular complexity index is 795. The van der Waals surface area contributed by atoms with E-state index in [1.807, 2.05) is 0 Å². The van der Waals surface area contributed by atoms with Gasteiger partial charge in [0.25, 0.3) is 0 Å². The van der Waals surface area contributed by atoms with Gasteiger partial charge in [0, 0.05) is 0 Å². The normalized spacial score (nSPS) is 50.6. The lowest BCUT2D eigenvalue weighted by Crippen LogP contribution is -2.61. The zero-order valence-electron chi connectivity index (χ0n) is 25.0. The van der Waals surface area contributed by atoms with Crippen molar-refractivity contribution >= 4 is 0 Å². The molecule has 5 aliphatic carbocycles. The van der Waals surface area contributed by atoms with Gasteiger partial charge in [0.2, 0.25) is 0 Å². The Labute approximate surface area is 223 Å². The number of aliphatic hydroxyl groups excluding tert-OH is 1.